The fraction of sp³-hybridized carbons (Fsp3) is 0.393. The fourth-order valence-electron chi connectivity index (χ4n) is 3.49. The van der Waals surface area contributed by atoms with Gasteiger partial charge in [-0.2, -0.15) is 9.59 Å². The third-order valence-electron chi connectivity index (χ3n) is 5.51. The van der Waals surface area contributed by atoms with Crippen LogP contribution in [0, 0.1) is 0 Å². The Morgan fingerprint density at radius 1 is 0.895 bits per heavy atom. The molecule has 1 N–H and O–H groups in total. The molecule has 1 atom stereocenters. The molecule has 1 unspecified atom stereocenters. The fourth-order valence-corrected chi connectivity index (χ4v) is 4.31. The zero-order valence-electron chi connectivity index (χ0n) is 22.0. The summed E-state index contributed by atoms with van der Waals surface area (Å²) >= 11 is 1.56. The van der Waals surface area contributed by atoms with Crippen molar-refractivity contribution in [1.82, 2.24) is 5.32 Å². The molecule has 0 bridgehead atoms. The van der Waals surface area contributed by atoms with Crippen LogP contribution < -0.4 is 5.32 Å². The molecule has 2 rings (SSSR count). The van der Waals surface area contributed by atoms with Crippen LogP contribution in [0.3, 0.4) is 0 Å². The third-order valence-corrected chi connectivity index (χ3v) is 6.53. The molecular weight excluding hydrogens is 510 g/mol. The van der Waals surface area contributed by atoms with Gasteiger partial charge in [0.15, 0.2) is 12.4 Å². The number of Topliss-reactive ketones (excluding diaryl/α,β-unsaturated/α-hetero) is 1. The van der Waals surface area contributed by atoms with Crippen molar-refractivity contribution in [1.29, 1.82) is 0 Å². The van der Waals surface area contributed by atoms with Crippen molar-refractivity contribution in [3.05, 3.63) is 59.7 Å². The molecule has 0 aliphatic carbocycles. The largest absolute Gasteiger partial charge is 0.464 e. The number of amides is 1. The van der Waals surface area contributed by atoms with Gasteiger partial charge >= 0.3 is 18.1 Å². The molecule has 204 valence electrons. The number of benzene rings is 2. The van der Waals surface area contributed by atoms with Gasteiger partial charge in [-0.1, -0.05) is 49.9 Å². The second-order valence-corrected chi connectivity index (χ2v) is 9.28. The number of esters is 2. The van der Waals surface area contributed by atoms with Gasteiger partial charge < -0.3 is 14.8 Å². The van der Waals surface area contributed by atoms with Crippen LogP contribution in [0.5, 0.6) is 0 Å². The maximum Gasteiger partial charge on any atom is 0.373 e. The molecule has 0 saturated carbocycles. The highest BCUT2D eigenvalue weighted by molar-refractivity contribution is 7.99. The van der Waals surface area contributed by atoms with Gasteiger partial charge in [-0.15, -0.1) is 0 Å². The lowest BCUT2D eigenvalue weighted by atomic mass is 9.88. The minimum Gasteiger partial charge on any atom is -0.464 e. The first-order valence-electron chi connectivity index (χ1n) is 12.2. The van der Waals surface area contributed by atoms with Crippen LogP contribution in [0.15, 0.2) is 58.3 Å². The van der Waals surface area contributed by atoms with E-state index < -0.39 is 17.5 Å². The van der Waals surface area contributed by atoms with Gasteiger partial charge in [0.05, 0.1) is 6.61 Å². The molecule has 0 fully saturated rings. The van der Waals surface area contributed by atoms with Crippen LogP contribution in [0.2, 0.25) is 0 Å². The number of aryl methyl sites for hydroxylation is 1. The summed E-state index contributed by atoms with van der Waals surface area (Å²) in [5, 5.41) is 2.80. The molecule has 0 aliphatic rings. The highest BCUT2D eigenvalue weighted by atomic mass is 32.2. The Morgan fingerprint density at radius 2 is 1.45 bits per heavy atom. The Bertz CT molecular complexity index is 1110. The molecule has 38 heavy (non-hydrogen) atoms. The first-order valence-corrected chi connectivity index (χ1v) is 13.0. The first-order chi connectivity index (χ1) is 18.1. The van der Waals surface area contributed by atoms with E-state index in [1.807, 2.05) is 43.3 Å². The summed E-state index contributed by atoms with van der Waals surface area (Å²) in [5.41, 5.74) is 0.502. The highest BCUT2D eigenvalue weighted by Gasteiger charge is 2.38. The number of hydrogen-bond acceptors (Lipinski definition) is 9. The lowest BCUT2D eigenvalue weighted by molar-refractivity contribution is -0.191. The van der Waals surface area contributed by atoms with E-state index in [4.69, 9.17) is 19.1 Å². The van der Waals surface area contributed by atoms with E-state index in [1.165, 1.54) is 6.92 Å². The number of nitrogens with one attached hydrogen (secondary N) is 1. The van der Waals surface area contributed by atoms with Gasteiger partial charge in [0.25, 0.3) is 0 Å². The molecule has 0 spiro atoms. The van der Waals surface area contributed by atoms with Gasteiger partial charge in [0.1, 0.15) is 5.54 Å². The van der Waals surface area contributed by atoms with Crippen LogP contribution in [-0.2, 0) is 39.9 Å². The number of rotatable bonds is 13. The summed E-state index contributed by atoms with van der Waals surface area (Å²) in [6.07, 6.45) is 1.98. The van der Waals surface area contributed by atoms with Crippen LogP contribution in [0.1, 0.15) is 62.9 Å². The maximum atomic E-state index is 12.6. The maximum absolute atomic E-state index is 12.6. The normalized spacial score (nSPS) is 11.6. The van der Waals surface area contributed by atoms with Gasteiger partial charge in [0, 0.05) is 28.7 Å². The molecule has 0 aromatic heterocycles. The highest BCUT2D eigenvalue weighted by Crippen LogP contribution is 2.29. The molecule has 2 aromatic rings. The molecule has 0 radical (unpaired) electrons. The minimum atomic E-state index is -1.04. The molecule has 0 heterocycles. The van der Waals surface area contributed by atoms with Crippen LogP contribution in [0.25, 0.3) is 0 Å². The Kier molecular flexibility index (Phi) is 14.3. The molecule has 0 saturated heterocycles. The van der Waals surface area contributed by atoms with Gasteiger partial charge in [-0.05, 0) is 56.0 Å². The summed E-state index contributed by atoms with van der Waals surface area (Å²) in [6, 6.07) is 15.2. The van der Waals surface area contributed by atoms with Gasteiger partial charge in [-0.3, -0.25) is 14.4 Å². The smallest absolute Gasteiger partial charge is 0.373 e. The number of carbonyl (C=O) groups excluding carboxylic acids is 6. The number of ether oxygens (including phenoxy) is 2. The second kappa shape index (κ2) is 16.9. The average molecular weight is 544 g/mol. The summed E-state index contributed by atoms with van der Waals surface area (Å²) in [7, 11) is 0. The topological polar surface area (TPSA) is 133 Å². The van der Waals surface area contributed by atoms with Crippen molar-refractivity contribution in [2.24, 2.45) is 0 Å². The lowest BCUT2D eigenvalue weighted by Gasteiger charge is -2.31. The number of carbonyl (C=O) groups is 4. The van der Waals surface area contributed by atoms with Gasteiger partial charge in [-0.25, -0.2) is 4.79 Å². The van der Waals surface area contributed by atoms with Crippen molar-refractivity contribution < 1.29 is 38.2 Å². The zero-order chi connectivity index (χ0) is 28.6. The minimum absolute atomic E-state index is 0.238. The van der Waals surface area contributed by atoms with E-state index in [9.17, 15) is 19.2 Å². The Balaban J connectivity index is 0.00000229. The predicted octanol–water partition coefficient (Wildman–Crippen LogP) is 4.17. The molecule has 10 heteroatoms. The van der Waals surface area contributed by atoms with E-state index in [0.717, 1.165) is 15.4 Å². The molecular formula is C28H33NO8S. The van der Waals surface area contributed by atoms with Gasteiger partial charge in [0.2, 0.25) is 5.91 Å². The number of ketones is 1. The Hall–Kier alpha value is -3.75. The number of hydrogen-bond donors (Lipinski definition) is 1. The van der Waals surface area contributed by atoms with E-state index in [-0.39, 0.29) is 37.5 Å². The summed E-state index contributed by atoms with van der Waals surface area (Å²) in [6.45, 7) is 6.70. The van der Waals surface area contributed by atoms with Crippen molar-refractivity contribution in [3.8, 4) is 0 Å². The molecule has 0 aliphatic heterocycles. The summed E-state index contributed by atoms with van der Waals surface area (Å²) in [4.78, 5) is 65.9. The van der Waals surface area contributed by atoms with E-state index >= 15 is 0 Å². The van der Waals surface area contributed by atoms with E-state index in [1.54, 1.807) is 37.7 Å². The lowest BCUT2D eigenvalue weighted by Crippen LogP contribution is -2.54. The quantitative estimate of drug-likeness (QED) is 0.292. The van der Waals surface area contributed by atoms with E-state index in [2.05, 4.69) is 5.32 Å². The monoisotopic (exact) mass is 543 g/mol. The second-order valence-electron chi connectivity index (χ2n) is 8.13. The SMILES string of the molecule is CCOC(=O)C(CC)(CCc1ccc(Sc2ccc(C(=O)COC(=O)CC)cc2)cc1)NC(C)=O.O=C=O. The average Bonchev–Trinajstić information content (AvgIpc) is 2.91. The zero-order valence-corrected chi connectivity index (χ0v) is 22.9. The van der Waals surface area contributed by atoms with E-state index in [0.29, 0.717) is 24.8 Å². The predicted molar refractivity (Wildman–Crippen MR) is 139 cm³/mol. The summed E-state index contributed by atoms with van der Waals surface area (Å²) < 4.78 is 10.1. The van der Waals surface area contributed by atoms with Crippen LogP contribution in [-0.4, -0.2) is 48.5 Å². The molecule has 9 nitrogen and oxygen atoms in total. The first kappa shape index (κ1) is 32.3. The van der Waals surface area contributed by atoms with Crippen molar-refractivity contribution in [3.63, 3.8) is 0 Å². The summed E-state index contributed by atoms with van der Waals surface area (Å²) in [5.74, 6) is -1.31. The van der Waals surface area contributed by atoms with Crippen molar-refractivity contribution in [2.45, 2.75) is 68.7 Å². The van der Waals surface area contributed by atoms with Crippen molar-refractivity contribution in [2.75, 3.05) is 13.2 Å². The third kappa shape index (κ3) is 10.7. The van der Waals surface area contributed by atoms with Crippen LogP contribution >= 0.6 is 11.8 Å². The standard InChI is InChI=1S/C27H33NO6S.CO2/c1-5-25(31)34-18-24(30)21-10-14-23(15-11-21)35-22-12-8-20(9-13-22)16-17-27(6-2,28-19(4)29)26(32)33-7-3;2-1-3/h8-15H,5-7,16-18H2,1-4H3,(H,28,29);. The Morgan fingerprint density at radius 3 is 1.92 bits per heavy atom. The molecule has 2 aromatic carbocycles. The Labute approximate surface area is 226 Å². The molecule has 1 amide bonds. The van der Waals surface area contributed by atoms with Crippen LogP contribution in [0.4, 0.5) is 0 Å². The van der Waals surface area contributed by atoms with Crippen molar-refractivity contribution >= 4 is 41.5 Å².